The van der Waals surface area contributed by atoms with Gasteiger partial charge in [0.05, 0.1) is 0 Å². The molecule has 0 fully saturated rings. The molecular weight excluding hydrogens is 410 g/mol. The third kappa shape index (κ3) is 3.78. The van der Waals surface area contributed by atoms with Gasteiger partial charge in [-0.25, -0.2) is 4.98 Å². The van der Waals surface area contributed by atoms with Crippen molar-refractivity contribution >= 4 is 22.9 Å². The molecule has 0 atom stereocenters. The van der Waals surface area contributed by atoms with Crippen LogP contribution in [0, 0.1) is 0 Å². The Morgan fingerprint density at radius 1 is 0.879 bits per heavy atom. The summed E-state index contributed by atoms with van der Waals surface area (Å²) in [4.78, 5) is 21.0. The van der Waals surface area contributed by atoms with Crippen LogP contribution in [-0.2, 0) is 19.5 Å². The lowest BCUT2D eigenvalue weighted by molar-refractivity contribution is 0.709. The summed E-state index contributed by atoms with van der Waals surface area (Å²) < 4.78 is 2.02. The highest BCUT2D eigenvalue weighted by Gasteiger charge is 2.21. The second-order valence-corrected chi connectivity index (χ2v) is 8.15. The van der Waals surface area contributed by atoms with Crippen LogP contribution in [0.15, 0.2) is 85.5 Å². The molecule has 33 heavy (non-hydrogen) atoms. The molecule has 0 bridgehead atoms. The van der Waals surface area contributed by atoms with E-state index in [1.54, 1.807) is 6.20 Å². The van der Waals surface area contributed by atoms with Crippen LogP contribution in [-0.4, -0.2) is 31.0 Å². The lowest BCUT2D eigenvalue weighted by atomic mass is 10.0. The molecule has 0 amide bonds. The van der Waals surface area contributed by atoms with Gasteiger partial charge in [0, 0.05) is 37.7 Å². The fourth-order valence-corrected chi connectivity index (χ4v) is 4.29. The Balaban J connectivity index is 1.42. The van der Waals surface area contributed by atoms with Crippen LogP contribution in [0.3, 0.4) is 0 Å². The average Bonchev–Trinajstić information content (AvgIpc) is 3.32. The van der Waals surface area contributed by atoms with E-state index in [1.165, 1.54) is 11.1 Å². The Morgan fingerprint density at radius 2 is 1.73 bits per heavy atom. The minimum atomic E-state index is 0.612. The second-order valence-electron chi connectivity index (χ2n) is 8.15. The van der Waals surface area contributed by atoms with E-state index in [-0.39, 0.29) is 0 Å². The van der Waals surface area contributed by atoms with Gasteiger partial charge in [0.15, 0.2) is 17.0 Å². The number of fused-ring (bicyclic) bond motifs is 2. The summed E-state index contributed by atoms with van der Waals surface area (Å²) in [6.45, 7) is 2.29. The summed E-state index contributed by atoms with van der Waals surface area (Å²) in [5, 5.41) is 3.47. The van der Waals surface area contributed by atoms with Crippen LogP contribution in [0.2, 0.25) is 0 Å². The molecule has 1 aliphatic heterocycles. The summed E-state index contributed by atoms with van der Waals surface area (Å²) in [6, 6.07) is 22.8. The first-order valence-electron chi connectivity index (χ1n) is 11.1. The third-order valence-electron chi connectivity index (χ3n) is 6.01. The molecule has 6 rings (SSSR count). The number of para-hydroxylation sites is 1. The number of aromatic nitrogens is 5. The molecular formula is C26H23N7. The van der Waals surface area contributed by atoms with Crippen LogP contribution in [0.4, 0.5) is 11.8 Å². The smallest absolute Gasteiger partial charge is 0.229 e. The zero-order valence-corrected chi connectivity index (χ0v) is 18.1. The predicted molar refractivity (Wildman–Crippen MR) is 129 cm³/mol. The van der Waals surface area contributed by atoms with Crippen LogP contribution in [0.5, 0.6) is 0 Å². The topological polar surface area (TPSA) is 71.8 Å². The Labute approximate surface area is 191 Å². The first-order chi connectivity index (χ1) is 16.3. The van der Waals surface area contributed by atoms with E-state index < -0.39 is 0 Å². The highest BCUT2D eigenvalue weighted by atomic mass is 15.3. The molecule has 162 valence electrons. The molecule has 0 unspecified atom stereocenters. The highest BCUT2D eigenvalue weighted by Crippen LogP contribution is 2.28. The number of imidazole rings is 1. The van der Waals surface area contributed by atoms with Gasteiger partial charge in [-0.2, -0.15) is 9.97 Å². The molecule has 7 nitrogen and oxygen atoms in total. The van der Waals surface area contributed by atoms with Crippen LogP contribution in [0.1, 0.15) is 16.7 Å². The monoisotopic (exact) mass is 433 g/mol. The molecule has 0 saturated carbocycles. The molecule has 1 N–H and O–H groups in total. The fourth-order valence-electron chi connectivity index (χ4n) is 4.29. The molecule has 1 aliphatic rings. The van der Waals surface area contributed by atoms with Crippen molar-refractivity contribution in [1.82, 2.24) is 24.5 Å². The van der Waals surface area contributed by atoms with Gasteiger partial charge in [0.1, 0.15) is 6.33 Å². The molecule has 2 aromatic carbocycles. The predicted octanol–water partition coefficient (Wildman–Crippen LogP) is 4.39. The van der Waals surface area contributed by atoms with Gasteiger partial charge in [-0.3, -0.25) is 9.55 Å². The molecule has 5 aromatic rings. The van der Waals surface area contributed by atoms with Gasteiger partial charge >= 0.3 is 0 Å². The van der Waals surface area contributed by atoms with Gasteiger partial charge in [-0.05, 0) is 41.3 Å². The maximum atomic E-state index is 4.99. The van der Waals surface area contributed by atoms with Gasteiger partial charge in [0.25, 0.3) is 0 Å². The zero-order valence-electron chi connectivity index (χ0n) is 18.1. The summed E-state index contributed by atoms with van der Waals surface area (Å²) in [6.07, 6.45) is 6.43. The average molecular weight is 434 g/mol. The van der Waals surface area contributed by atoms with Crippen molar-refractivity contribution in [3.05, 3.63) is 102 Å². The molecule has 0 saturated heterocycles. The van der Waals surface area contributed by atoms with E-state index in [0.29, 0.717) is 12.5 Å². The van der Waals surface area contributed by atoms with Crippen LogP contribution >= 0.6 is 0 Å². The van der Waals surface area contributed by atoms with Gasteiger partial charge in [0.2, 0.25) is 5.95 Å². The quantitative estimate of drug-likeness (QED) is 0.443. The summed E-state index contributed by atoms with van der Waals surface area (Å²) in [7, 11) is 0. The Bertz CT molecular complexity index is 1400. The van der Waals surface area contributed by atoms with E-state index in [4.69, 9.17) is 9.97 Å². The summed E-state index contributed by atoms with van der Waals surface area (Å²) in [5.41, 5.74) is 6.38. The van der Waals surface area contributed by atoms with E-state index in [9.17, 15) is 0 Å². The zero-order chi connectivity index (χ0) is 22.0. The molecule has 7 heteroatoms. The number of hydrogen-bond acceptors (Lipinski definition) is 6. The van der Waals surface area contributed by atoms with E-state index in [2.05, 4.69) is 56.6 Å². The van der Waals surface area contributed by atoms with Gasteiger partial charge < -0.3 is 10.2 Å². The van der Waals surface area contributed by atoms with Crippen molar-refractivity contribution in [2.45, 2.75) is 19.5 Å². The first-order valence-corrected chi connectivity index (χ1v) is 11.1. The number of anilines is 2. The maximum Gasteiger partial charge on any atom is 0.229 e. The Morgan fingerprint density at radius 3 is 2.58 bits per heavy atom. The Hall–Kier alpha value is -4.26. The molecule has 3 aromatic heterocycles. The second kappa shape index (κ2) is 8.35. The Kier molecular flexibility index (Phi) is 4.92. The number of pyridine rings is 1. The third-order valence-corrected chi connectivity index (χ3v) is 6.01. The molecule has 0 radical (unpaired) electrons. The van der Waals surface area contributed by atoms with E-state index in [0.717, 1.165) is 47.7 Å². The largest absolute Gasteiger partial charge is 0.364 e. The van der Waals surface area contributed by atoms with Crippen molar-refractivity contribution in [3.8, 4) is 5.69 Å². The lowest BCUT2D eigenvalue weighted by Gasteiger charge is -2.29. The number of rotatable bonds is 5. The normalized spacial score (nSPS) is 13.2. The molecule has 0 spiro atoms. The summed E-state index contributed by atoms with van der Waals surface area (Å²) >= 11 is 0. The molecule has 0 aliphatic carbocycles. The highest BCUT2D eigenvalue weighted by molar-refractivity contribution is 5.85. The number of nitrogens with zero attached hydrogens (tertiary/aromatic N) is 6. The maximum absolute atomic E-state index is 4.99. The summed E-state index contributed by atoms with van der Waals surface area (Å²) in [5.74, 6) is 1.44. The van der Waals surface area contributed by atoms with Crippen molar-refractivity contribution in [2.75, 3.05) is 16.8 Å². The van der Waals surface area contributed by atoms with Crippen LogP contribution in [0.25, 0.3) is 16.9 Å². The minimum absolute atomic E-state index is 0.612. The van der Waals surface area contributed by atoms with Gasteiger partial charge in [-0.15, -0.1) is 0 Å². The fraction of sp³-hybridized carbons (Fsp3) is 0.154. The minimum Gasteiger partial charge on any atom is -0.364 e. The van der Waals surface area contributed by atoms with Crippen molar-refractivity contribution in [3.63, 3.8) is 0 Å². The number of hydrogen-bond donors (Lipinski definition) is 1. The molecule has 4 heterocycles. The van der Waals surface area contributed by atoms with Gasteiger partial charge in [-0.1, -0.05) is 48.5 Å². The lowest BCUT2D eigenvalue weighted by Crippen LogP contribution is -2.32. The van der Waals surface area contributed by atoms with Crippen molar-refractivity contribution in [2.24, 2.45) is 0 Å². The SMILES string of the molecule is c1ccc(-n2cnc3c(NCc4cccnc4)nc(N4CCc5ccccc5C4)nc32)cc1. The number of benzene rings is 2. The number of nitrogens with one attached hydrogen (secondary N) is 1. The van der Waals surface area contributed by atoms with E-state index in [1.807, 2.05) is 47.4 Å². The van der Waals surface area contributed by atoms with Crippen molar-refractivity contribution < 1.29 is 0 Å². The standard InChI is InChI=1S/C26H23N7/c1-2-10-22(11-3-1)33-18-29-23-24(28-16-19-7-6-13-27-15-19)30-26(31-25(23)33)32-14-12-20-8-4-5-9-21(20)17-32/h1-11,13,15,18H,12,14,16-17H2,(H,28,30,31). The van der Waals surface area contributed by atoms with Crippen LogP contribution < -0.4 is 10.2 Å². The van der Waals surface area contributed by atoms with Crippen molar-refractivity contribution in [1.29, 1.82) is 0 Å². The first kappa shape index (κ1) is 19.4. The van der Waals surface area contributed by atoms with E-state index >= 15 is 0 Å².